The van der Waals surface area contributed by atoms with Gasteiger partial charge in [-0.25, -0.2) is 8.78 Å². The van der Waals surface area contributed by atoms with Crippen LogP contribution >= 0.6 is 0 Å². The van der Waals surface area contributed by atoms with Crippen LogP contribution in [0, 0.1) is 17.6 Å². The lowest BCUT2D eigenvalue weighted by molar-refractivity contribution is -0.120. The fourth-order valence-corrected chi connectivity index (χ4v) is 3.80. The van der Waals surface area contributed by atoms with Crippen molar-refractivity contribution in [3.63, 3.8) is 0 Å². The Hall–Kier alpha value is -2.27. The lowest BCUT2D eigenvalue weighted by Gasteiger charge is -2.32. The molecule has 0 saturated carbocycles. The molecule has 1 N–H and O–H groups in total. The Labute approximate surface area is 165 Å². The van der Waals surface area contributed by atoms with Gasteiger partial charge in [-0.15, -0.1) is 0 Å². The van der Waals surface area contributed by atoms with Gasteiger partial charge in [0.1, 0.15) is 11.6 Å². The molecule has 1 aliphatic rings. The first-order chi connectivity index (χ1) is 13.5. The van der Waals surface area contributed by atoms with Crippen LogP contribution < -0.4 is 5.32 Å². The first-order valence-electron chi connectivity index (χ1n) is 9.98. The number of carbonyl (C=O) groups excluding carboxylic acids is 1. The Balaban J connectivity index is 1.44. The second-order valence-corrected chi connectivity index (χ2v) is 7.65. The molecule has 28 heavy (non-hydrogen) atoms. The van der Waals surface area contributed by atoms with Gasteiger partial charge in [0.05, 0.1) is 0 Å². The number of hydrogen-bond acceptors (Lipinski definition) is 2. The number of piperidine rings is 1. The second-order valence-electron chi connectivity index (χ2n) is 7.65. The molecule has 5 heteroatoms. The van der Waals surface area contributed by atoms with Gasteiger partial charge in [0.25, 0.3) is 0 Å². The van der Waals surface area contributed by atoms with E-state index in [1.54, 1.807) is 13.1 Å². The Morgan fingerprint density at radius 3 is 2.39 bits per heavy atom. The molecule has 1 saturated heterocycles. The maximum atomic E-state index is 13.8. The van der Waals surface area contributed by atoms with Gasteiger partial charge in [0.15, 0.2) is 0 Å². The molecule has 2 aromatic carbocycles. The number of benzene rings is 2. The molecule has 1 heterocycles. The van der Waals surface area contributed by atoms with Gasteiger partial charge in [-0.1, -0.05) is 30.3 Å². The zero-order valence-corrected chi connectivity index (χ0v) is 16.4. The molecule has 3 rings (SSSR count). The number of aryl methyl sites for hydroxylation is 1. The average molecular weight is 386 g/mol. The summed E-state index contributed by atoms with van der Waals surface area (Å²) in [6.07, 6.45) is 4.50. The SMILES string of the molecule is CNC(=O)CCc1ccc(CC2CCN(Cc3ccc(F)cc3F)CC2)cc1. The Morgan fingerprint density at radius 2 is 1.75 bits per heavy atom. The van der Waals surface area contributed by atoms with E-state index in [-0.39, 0.29) is 5.91 Å². The largest absolute Gasteiger partial charge is 0.359 e. The molecule has 0 bridgehead atoms. The van der Waals surface area contributed by atoms with Crippen LogP contribution in [0.2, 0.25) is 0 Å². The van der Waals surface area contributed by atoms with Crippen molar-refractivity contribution in [1.82, 2.24) is 10.2 Å². The number of carbonyl (C=O) groups is 1. The fourth-order valence-electron chi connectivity index (χ4n) is 3.80. The molecule has 150 valence electrons. The minimum Gasteiger partial charge on any atom is -0.359 e. The van der Waals surface area contributed by atoms with E-state index in [2.05, 4.69) is 34.5 Å². The van der Waals surface area contributed by atoms with Crippen molar-refractivity contribution < 1.29 is 13.6 Å². The van der Waals surface area contributed by atoms with Gasteiger partial charge in [0, 0.05) is 31.6 Å². The van der Waals surface area contributed by atoms with Crippen molar-refractivity contribution in [2.24, 2.45) is 5.92 Å². The van der Waals surface area contributed by atoms with Gasteiger partial charge in [0.2, 0.25) is 5.91 Å². The smallest absolute Gasteiger partial charge is 0.220 e. The van der Waals surface area contributed by atoms with Gasteiger partial charge in [-0.05, 0) is 61.9 Å². The third kappa shape index (κ3) is 5.86. The number of halogens is 2. The molecule has 0 aromatic heterocycles. The van der Waals surface area contributed by atoms with E-state index < -0.39 is 11.6 Å². The molecule has 0 radical (unpaired) electrons. The van der Waals surface area contributed by atoms with Crippen LogP contribution in [-0.4, -0.2) is 30.9 Å². The van der Waals surface area contributed by atoms with Crippen LogP contribution in [-0.2, 0) is 24.2 Å². The second kappa shape index (κ2) is 9.78. The molecule has 0 unspecified atom stereocenters. The van der Waals surface area contributed by atoms with E-state index in [1.165, 1.54) is 17.2 Å². The number of nitrogens with one attached hydrogen (secondary N) is 1. The summed E-state index contributed by atoms with van der Waals surface area (Å²) in [4.78, 5) is 13.6. The van der Waals surface area contributed by atoms with E-state index in [0.717, 1.165) is 44.8 Å². The van der Waals surface area contributed by atoms with E-state index in [0.29, 0.717) is 24.4 Å². The quantitative estimate of drug-likeness (QED) is 0.777. The molecule has 3 nitrogen and oxygen atoms in total. The highest BCUT2D eigenvalue weighted by Crippen LogP contribution is 2.24. The molecule has 1 aliphatic heterocycles. The Morgan fingerprint density at radius 1 is 1.07 bits per heavy atom. The van der Waals surface area contributed by atoms with Crippen molar-refractivity contribution in [2.45, 2.75) is 38.6 Å². The summed E-state index contributed by atoms with van der Waals surface area (Å²) in [7, 11) is 1.66. The molecule has 2 aromatic rings. The van der Waals surface area contributed by atoms with Crippen LogP contribution in [0.1, 0.15) is 36.0 Å². The Bertz CT molecular complexity index is 784. The average Bonchev–Trinajstić information content (AvgIpc) is 2.70. The number of hydrogen-bond donors (Lipinski definition) is 1. The topological polar surface area (TPSA) is 32.3 Å². The lowest BCUT2D eigenvalue weighted by atomic mass is 9.89. The molecule has 0 spiro atoms. The number of amides is 1. The first-order valence-corrected chi connectivity index (χ1v) is 9.98. The van der Waals surface area contributed by atoms with Gasteiger partial charge in [-0.2, -0.15) is 0 Å². The Kier molecular flexibility index (Phi) is 7.15. The molecule has 1 amide bonds. The maximum absolute atomic E-state index is 13.8. The standard InChI is InChI=1S/C23H28F2N2O/c1-26-23(28)9-6-17-2-4-18(5-3-17)14-19-10-12-27(13-11-19)16-20-7-8-21(24)15-22(20)25/h2-5,7-8,15,19H,6,9-14,16H2,1H3,(H,26,28). The van der Waals surface area contributed by atoms with E-state index in [1.807, 2.05) is 0 Å². The van der Waals surface area contributed by atoms with Gasteiger partial charge < -0.3 is 5.32 Å². The van der Waals surface area contributed by atoms with E-state index in [4.69, 9.17) is 0 Å². The summed E-state index contributed by atoms with van der Waals surface area (Å²) in [5.74, 6) is -0.291. The minimum atomic E-state index is -0.528. The first kappa shape index (κ1) is 20.5. The van der Waals surface area contributed by atoms with E-state index in [9.17, 15) is 13.6 Å². The third-order valence-corrected chi connectivity index (χ3v) is 5.58. The molecule has 0 atom stereocenters. The fraction of sp³-hybridized carbons (Fsp3) is 0.435. The summed E-state index contributed by atoms with van der Waals surface area (Å²) in [5.41, 5.74) is 3.07. The highest BCUT2D eigenvalue weighted by atomic mass is 19.1. The number of likely N-dealkylation sites (tertiary alicyclic amines) is 1. The normalized spacial score (nSPS) is 15.5. The molecule has 1 fully saturated rings. The maximum Gasteiger partial charge on any atom is 0.220 e. The van der Waals surface area contributed by atoms with Crippen LogP contribution in [0.25, 0.3) is 0 Å². The number of rotatable bonds is 7. The summed E-state index contributed by atoms with van der Waals surface area (Å²) in [5, 5.41) is 2.64. The molecular formula is C23H28F2N2O. The van der Waals surface area contributed by atoms with Crippen molar-refractivity contribution in [3.05, 3.63) is 70.8 Å². The van der Waals surface area contributed by atoms with Crippen LogP contribution in [0.15, 0.2) is 42.5 Å². The predicted octanol–water partition coefficient (Wildman–Crippen LogP) is 4.10. The van der Waals surface area contributed by atoms with Crippen molar-refractivity contribution in [2.75, 3.05) is 20.1 Å². The van der Waals surface area contributed by atoms with Crippen LogP contribution in [0.3, 0.4) is 0 Å². The monoisotopic (exact) mass is 386 g/mol. The summed E-state index contributed by atoms with van der Waals surface area (Å²) < 4.78 is 26.9. The highest BCUT2D eigenvalue weighted by molar-refractivity contribution is 5.75. The van der Waals surface area contributed by atoms with Crippen molar-refractivity contribution >= 4 is 5.91 Å². The summed E-state index contributed by atoms with van der Waals surface area (Å²) >= 11 is 0. The number of nitrogens with zero attached hydrogens (tertiary/aromatic N) is 1. The zero-order chi connectivity index (χ0) is 19.9. The van der Waals surface area contributed by atoms with Crippen LogP contribution in [0.5, 0.6) is 0 Å². The van der Waals surface area contributed by atoms with Crippen LogP contribution in [0.4, 0.5) is 8.78 Å². The lowest BCUT2D eigenvalue weighted by Crippen LogP contribution is -2.34. The van der Waals surface area contributed by atoms with E-state index >= 15 is 0 Å². The zero-order valence-electron chi connectivity index (χ0n) is 16.4. The van der Waals surface area contributed by atoms with Gasteiger partial charge in [-0.3, -0.25) is 9.69 Å². The predicted molar refractivity (Wildman–Crippen MR) is 107 cm³/mol. The minimum absolute atomic E-state index is 0.0661. The summed E-state index contributed by atoms with van der Waals surface area (Å²) in [6, 6.07) is 12.4. The van der Waals surface area contributed by atoms with Crippen molar-refractivity contribution in [1.29, 1.82) is 0 Å². The van der Waals surface area contributed by atoms with Crippen molar-refractivity contribution in [3.8, 4) is 0 Å². The summed E-state index contributed by atoms with van der Waals surface area (Å²) in [6.45, 7) is 2.41. The highest BCUT2D eigenvalue weighted by Gasteiger charge is 2.20. The molecule has 0 aliphatic carbocycles. The van der Waals surface area contributed by atoms with Gasteiger partial charge >= 0.3 is 0 Å². The third-order valence-electron chi connectivity index (χ3n) is 5.58. The molecular weight excluding hydrogens is 358 g/mol.